The van der Waals surface area contributed by atoms with Crippen molar-refractivity contribution in [2.45, 2.75) is 5.88 Å². The zero-order chi connectivity index (χ0) is 8.43. The van der Waals surface area contributed by atoms with E-state index in [0.717, 1.165) is 6.07 Å². The van der Waals surface area contributed by atoms with Crippen LogP contribution in [0.15, 0.2) is 12.1 Å². The molecule has 0 aliphatic rings. The van der Waals surface area contributed by atoms with Crippen molar-refractivity contribution < 1.29 is 8.78 Å². The Bertz CT molecular complexity index is 273. The summed E-state index contributed by atoms with van der Waals surface area (Å²) in [5.41, 5.74) is 0.396. The fourth-order valence-corrected chi connectivity index (χ4v) is 1.18. The molecule has 0 amide bonds. The van der Waals surface area contributed by atoms with Gasteiger partial charge < -0.3 is 0 Å². The average Bonchev–Trinajstić information content (AvgIpc) is 2.01. The van der Waals surface area contributed by atoms with Crippen LogP contribution in [-0.2, 0) is 5.88 Å². The SMILES string of the molecule is Fc1ccc(CCl)c(Cl)c1F. The Balaban J connectivity index is 3.25. The number of benzene rings is 1. The molecule has 1 rings (SSSR count). The van der Waals surface area contributed by atoms with Crippen LogP contribution in [0.1, 0.15) is 5.56 Å². The Morgan fingerprint density at radius 2 is 1.91 bits per heavy atom. The van der Waals surface area contributed by atoms with Crippen LogP contribution in [-0.4, -0.2) is 0 Å². The summed E-state index contributed by atoms with van der Waals surface area (Å²) < 4.78 is 25.0. The first kappa shape index (κ1) is 8.75. The van der Waals surface area contributed by atoms with Gasteiger partial charge >= 0.3 is 0 Å². The quantitative estimate of drug-likeness (QED) is 0.478. The van der Waals surface area contributed by atoms with Crippen LogP contribution in [0.2, 0.25) is 5.02 Å². The number of alkyl halides is 1. The molecule has 0 fully saturated rings. The molecule has 0 atom stereocenters. The van der Waals surface area contributed by atoms with E-state index >= 15 is 0 Å². The van der Waals surface area contributed by atoms with Crippen LogP contribution in [0.5, 0.6) is 0 Å². The normalized spacial score (nSPS) is 10.2. The highest BCUT2D eigenvalue weighted by Crippen LogP contribution is 2.23. The van der Waals surface area contributed by atoms with Gasteiger partial charge in [0.15, 0.2) is 11.6 Å². The number of halogens is 4. The van der Waals surface area contributed by atoms with Crippen LogP contribution in [0.4, 0.5) is 8.78 Å². The monoisotopic (exact) mass is 196 g/mol. The van der Waals surface area contributed by atoms with E-state index in [0.29, 0.717) is 5.56 Å². The molecule has 0 aliphatic heterocycles. The van der Waals surface area contributed by atoms with Crippen LogP contribution < -0.4 is 0 Å². The molecule has 0 heterocycles. The van der Waals surface area contributed by atoms with Crippen molar-refractivity contribution in [2.75, 3.05) is 0 Å². The molecule has 1 aromatic carbocycles. The first-order valence-corrected chi connectivity index (χ1v) is 3.76. The predicted octanol–water partition coefficient (Wildman–Crippen LogP) is 3.36. The summed E-state index contributed by atoms with van der Waals surface area (Å²) in [4.78, 5) is 0. The highest BCUT2D eigenvalue weighted by molar-refractivity contribution is 6.32. The van der Waals surface area contributed by atoms with Gasteiger partial charge in [0, 0.05) is 5.88 Å². The smallest absolute Gasteiger partial charge is 0.177 e. The minimum atomic E-state index is -1.04. The lowest BCUT2D eigenvalue weighted by Gasteiger charge is -2.00. The minimum absolute atomic E-state index is 0.0794. The molecule has 0 N–H and O–H groups in total. The van der Waals surface area contributed by atoms with E-state index in [1.54, 1.807) is 0 Å². The molecule has 0 saturated carbocycles. The molecular weight excluding hydrogens is 193 g/mol. The van der Waals surface area contributed by atoms with Gasteiger partial charge in [-0.1, -0.05) is 17.7 Å². The molecule has 0 nitrogen and oxygen atoms in total. The lowest BCUT2D eigenvalue weighted by Crippen LogP contribution is -1.89. The molecule has 0 aliphatic carbocycles. The Kier molecular flexibility index (Phi) is 2.68. The summed E-state index contributed by atoms with van der Waals surface area (Å²) in [5, 5.41) is -0.236. The van der Waals surface area contributed by atoms with Crippen molar-refractivity contribution in [2.24, 2.45) is 0 Å². The summed E-state index contributed by atoms with van der Waals surface area (Å²) in [7, 11) is 0. The average molecular weight is 197 g/mol. The van der Waals surface area contributed by atoms with Gasteiger partial charge in [-0.2, -0.15) is 0 Å². The second-order valence-corrected chi connectivity index (χ2v) is 2.61. The fourth-order valence-electron chi connectivity index (χ4n) is 0.669. The summed E-state index contributed by atoms with van der Waals surface area (Å²) >= 11 is 10.8. The van der Waals surface area contributed by atoms with Gasteiger partial charge in [0.2, 0.25) is 0 Å². The van der Waals surface area contributed by atoms with Gasteiger partial charge in [-0.25, -0.2) is 8.78 Å². The van der Waals surface area contributed by atoms with E-state index in [9.17, 15) is 8.78 Å². The van der Waals surface area contributed by atoms with Crippen LogP contribution >= 0.6 is 23.2 Å². The fraction of sp³-hybridized carbons (Fsp3) is 0.143. The van der Waals surface area contributed by atoms with Gasteiger partial charge in [-0.05, 0) is 11.6 Å². The van der Waals surface area contributed by atoms with E-state index in [2.05, 4.69) is 0 Å². The number of hydrogen-bond donors (Lipinski definition) is 0. The molecule has 0 bridgehead atoms. The van der Waals surface area contributed by atoms with E-state index in [4.69, 9.17) is 23.2 Å². The highest BCUT2D eigenvalue weighted by Gasteiger charge is 2.09. The molecule has 1 aromatic rings. The molecule has 11 heavy (non-hydrogen) atoms. The Labute approximate surface area is 72.7 Å². The lowest BCUT2D eigenvalue weighted by molar-refractivity contribution is 0.508. The highest BCUT2D eigenvalue weighted by atomic mass is 35.5. The molecular formula is C7H4Cl2F2. The number of rotatable bonds is 1. The maximum Gasteiger partial charge on any atom is 0.177 e. The molecule has 0 radical (unpaired) electrons. The third-order valence-corrected chi connectivity index (χ3v) is 1.96. The Hall–Kier alpha value is -0.340. The maximum atomic E-state index is 12.6. The van der Waals surface area contributed by atoms with Gasteiger partial charge in [-0.3, -0.25) is 0 Å². The molecule has 60 valence electrons. The van der Waals surface area contributed by atoms with E-state index in [1.807, 2.05) is 0 Å². The Morgan fingerprint density at radius 1 is 1.27 bits per heavy atom. The lowest BCUT2D eigenvalue weighted by atomic mass is 10.2. The summed E-state index contributed by atoms with van der Waals surface area (Å²) in [6.07, 6.45) is 0. The zero-order valence-corrected chi connectivity index (χ0v) is 6.89. The third kappa shape index (κ3) is 1.63. The summed E-state index contributed by atoms with van der Waals surface area (Å²) in [6, 6.07) is 2.35. The molecule has 0 saturated heterocycles. The van der Waals surface area contributed by atoms with Gasteiger partial charge in [0.05, 0.1) is 5.02 Å². The van der Waals surface area contributed by atoms with Crippen LogP contribution in [0, 0.1) is 11.6 Å². The van der Waals surface area contributed by atoms with Crippen molar-refractivity contribution >= 4 is 23.2 Å². The first-order valence-electron chi connectivity index (χ1n) is 2.85. The summed E-state index contributed by atoms with van der Waals surface area (Å²) in [6.45, 7) is 0. The largest absolute Gasteiger partial charge is 0.204 e. The van der Waals surface area contributed by atoms with Crippen molar-refractivity contribution in [1.29, 1.82) is 0 Å². The molecule has 0 aromatic heterocycles. The summed E-state index contributed by atoms with van der Waals surface area (Å²) in [5.74, 6) is -1.91. The maximum absolute atomic E-state index is 12.6. The zero-order valence-electron chi connectivity index (χ0n) is 5.37. The standard InChI is InChI=1S/C7H4Cl2F2/c8-3-4-1-2-5(10)7(11)6(4)9/h1-2H,3H2. The Morgan fingerprint density at radius 3 is 2.45 bits per heavy atom. The minimum Gasteiger partial charge on any atom is -0.204 e. The van der Waals surface area contributed by atoms with Crippen LogP contribution in [0.3, 0.4) is 0 Å². The molecule has 0 unspecified atom stereocenters. The van der Waals surface area contributed by atoms with E-state index in [1.165, 1.54) is 6.07 Å². The second kappa shape index (κ2) is 3.37. The molecule has 4 heteroatoms. The topological polar surface area (TPSA) is 0 Å². The second-order valence-electron chi connectivity index (χ2n) is 1.97. The van der Waals surface area contributed by atoms with Crippen molar-refractivity contribution in [1.82, 2.24) is 0 Å². The van der Waals surface area contributed by atoms with Crippen molar-refractivity contribution in [3.63, 3.8) is 0 Å². The van der Waals surface area contributed by atoms with E-state index < -0.39 is 11.6 Å². The van der Waals surface area contributed by atoms with Gasteiger partial charge in [0.25, 0.3) is 0 Å². The van der Waals surface area contributed by atoms with Crippen molar-refractivity contribution in [3.8, 4) is 0 Å². The van der Waals surface area contributed by atoms with Crippen LogP contribution in [0.25, 0.3) is 0 Å². The first-order chi connectivity index (χ1) is 5.16. The van der Waals surface area contributed by atoms with E-state index in [-0.39, 0.29) is 10.9 Å². The number of hydrogen-bond acceptors (Lipinski definition) is 0. The van der Waals surface area contributed by atoms with Crippen molar-refractivity contribution in [3.05, 3.63) is 34.4 Å². The predicted molar refractivity (Wildman–Crippen MR) is 40.9 cm³/mol. The van der Waals surface area contributed by atoms with Gasteiger partial charge in [-0.15, -0.1) is 11.6 Å². The molecule has 0 spiro atoms. The third-order valence-electron chi connectivity index (χ3n) is 1.26. The van der Waals surface area contributed by atoms with Gasteiger partial charge in [0.1, 0.15) is 0 Å².